The van der Waals surface area contributed by atoms with Gasteiger partial charge in [-0.25, -0.2) is 0 Å². The molecule has 1 atom stereocenters. The quantitative estimate of drug-likeness (QED) is 0.0261. The highest BCUT2D eigenvalue weighted by Gasteiger charge is 2.19. The van der Waals surface area contributed by atoms with Gasteiger partial charge in [0.1, 0.15) is 13.2 Å². The molecule has 0 rings (SSSR count). The molecule has 75 heavy (non-hydrogen) atoms. The molecule has 1 unspecified atom stereocenters. The second-order valence-electron chi connectivity index (χ2n) is 21.6. The topological polar surface area (TPSA) is 78.9 Å². The smallest absolute Gasteiger partial charge is 0.306 e. The molecule has 0 aliphatic carbocycles. The number of esters is 3. The Morgan fingerprint density at radius 1 is 0.280 bits per heavy atom. The zero-order valence-electron chi connectivity index (χ0n) is 49.8. The summed E-state index contributed by atoms with van der Waals surface area (Å²) in [4.78, 5) is 38.3. The molecule has 0 aromatic rings. The lowest BCUT2D eigenvalue weighted by Crippen LogP contribution is -2.30. The predicted molar refractivity (Wildman–Crippen MR) is 325 cm³/mol. The Morgan fingerprint density at radius 3 is 0.827 bits per heavy atom. The normalized spacial score (nSPS) is 12.5. The van der Waals surface area contributed by atoms with Gasteiger partial charge < -0.3 is 14.2 Å². The van der Waals surface area contributed by atoms with Crippen LogP contribution in [0, 0.1) is 0 Å². The van der Waals surface area contributed by atoms with Crippen LogP contribution in [0.2, 0.25) is 0 Å². The summed E-state index contributed by atoms with van der Waals surface area (Å²) in [5.41, 5.74) is 0. The minimum atomic E-state index is -0.777. The van der Waals surface area contributed by atoms with Gasteiger partial charge in [-0.15, -0.1) is 0 Å². The van der Waals surface area contributed by atoms with E-state index in [9.17, 15) is 14.4 Å². The first-order valence-corrected chi connectivity index (χ1v) is 32.4. The molecule has 0 aromatic heterocycles. The van der Waals surface area contributed by atoms with Gasteiger partial charge >= 0.3 is 17.9 Å². The molecule has 0 aromatic carbocycles. The summed E-state index contributed by atoms with van der Waals surface area (Å²) in [5.74, 6) is -0.868. The average molecular weight is 1050 g/mol. The molecule has 0 fully saturated rings. The Hall–Kier alpha value is -3.15. The number of hydrogen-bond donors (Lipinski definition) is 0. The Labute approximate surface area is 465 Å². The van der Waals surface area contributed by atoms with Gasteiger partial charge in [-0.2, -0.15) is 0 Å². The van der Waals surface area contributed by atoms with Crippen LogP contribution in [0.1, 0.15) is 329 Å². The van der Waals surface area contributed by atoms with E-state index < -0.39 is 6.10 Å². The fraction of sp³-hybridized carbons (Fsp3) is 0.783. The highest BCUT2D eigenvalue weighted by Crippen LogP contribution is 2.17. The summed E-state index contributed by atoms with van der Waals surface area (Å²) >= 11 is 0. The fourth-order valence-corrected chi connectivity index (χ4v) is 9.35. The summed E-state index contributed by atoms with van der Waals surface area (Å²) in [6, 6.07) is 0. The molecule has 0 aliphatic rings. The van der Waals surface area contributed by atoms with Gasteiger partial charge in [0.25, 0.3) is 0 Å². The Balaban J connectivity index is 4.22. The largest absolute Gasteiger partial charge is 0.462 e. The lowest BCUT2D eigenvalue weighted by molar-refractivity contribution is -0.167. The van der Waals surface area contributed by atoms with Crippen LogP contribution in [-0.2, 0) is 28.6 Å². The Morgan fingerprint density at radius 2 is 0.520 bits per heavy atom. The third-order valence-corrected chi connectivity index (χ3v) is 14.2. The molecule has 0 bridgehead atoms. The van der Waals surface area contributed by atoms with Crippen LogP contribution in [-0.4, -0.2) is 37.2 Å². The lowest BCUT2D eigenvalue weighted by Gasteiger charge is -2.18. The first kappa shape index (κ1) is 71.8. The first-order chi connectivity index (χ1) is 37.0. The second-order valence-corrected chi connectivity index (χ2v) is 21.6. The Kier molecular flexibility index (Phi) is 60.7. The third-order valence-electron chi connectivity index (χ3n) is 14.2. The van der Waals surface area contributed by atoms with Crippen LogP contribution >= 0.6 is 0 Å². The molecular weight excluding hydrogens is 925 g/mol. The van der Waals surface area contributed by atoms with Crippen LogP contribution < -0.4 is 0 Å². The highest BCUT2D eigenvalue weighted by molar-refractivity contribution is 5.71. The van der Waals surface area contributed by atoms with E-state index in [-0.39, 0.29) is 31.1 Å². The molecule has 0 saturated heterocycles. The fourth-order valence-electron chi connectivity index (χ4n) is 9.35. The molecule has 0 radical (unpaired) electrons. The van der Waals surface area contributed by atoms with Crippen LogP contribution in [0.25, 0.3) is 0 Å². The van der Waals surface area contributed by atoms with Gasteiger partial charge in [0.05, 0.1) is 0 Å². The van der Waals surface area contributed by atoms with E-state index in [0.717, 1.165) is 96.3 Å². The van der Waals surface area contributed by atoms with Crippen molar-refractivity contribution in [3.05, 3.63) is 72.9 Å². The molecule has 0 amide bonds. The second kappa shape index (κ2) is 63.4. The molecule has 6 heteroatoms. The van der Waals surface area contributed by atoms with E-state index in [1.165, 1.54) is 193 Å². The zero-order chi connectivity index (χ0) is 54.3. The van der Waals surface area contributed by atoms with Gasteiger partial charge in [0.15, 0.2) is 6.10 Å². The standard InChI is InChI=1S/C69H122O6/c1-4-7-10-13-16-19-22-25-27-28-29-30-31-32-33-34-35-36-37-38-39-40-42-44-47-50-53-56-59-62-68(71)74-65-66(64-73-67(70)61-58-55-52-49-46-43-24-21-18-15-12-9-6-3)75-69(72)63-60-57-54-51-48-45-41-26-23-20-17-14-11-8-5-2/h7,10,16,19,25-27,29-30,32-33,41,66H,4-6,8-9,11-15,17-18,20-24,28,31,34-40,42-65H2,1-3H3/b10-7-,19-16-,27-25-,30-29-,33-32-,41-26-. The maximum atomic E-state index is 12.9. The van der Waals surface area contributed by atoms with Crippen molar-refractivity contribution in [2.75, 3.05) is 13.2 Å². The highest BCUT2D eigenvalue weighted by atomic mass is 16.6. The summed E-state index contributed by atoms with van der Waals surface area (Å²) in [7, 11) is 0. The molecular formula is C69H122O6. The van der Waals surface area contributed by atoms with Gasteiger partial charge in [0, 0.05) is 19.3 Å². The molecule has 434 valence electrons. The molecule has 0 aliphatic heterocycles. The minimum absolute atomic E-state index is 0.0743. The number of rotatable bonds is 59. The number of carbonyl (C=O) groups excluding carboxylic acids is 3. The number of ether oxygens (including phenoxy) is 3. The van der Waals surface area contributed by atoms with Crippen molar-refractivity contribution in [3.8, 4) is 0 Å². The van der Waals surface area contributed by atoms with Gasteiger partial charge in [-0.1, -0.05) is 293 Å². The van der Waals surface area contributed by atoms with Gasteiger partial charge in [0.2, 0.25) is 0 Å². The van der Waals surface area contributed by atoms with Crippen molar-refractivity contribution in [3.63, 3.8) is 0 Å². The van der Waals surface area contributed by atoms with Crippen molar-refractivity contribution < 1.29 is 28.6 Å². The number of unbranched alkanes of at least 4 members (excludes halogenated alkanes) is 36. The monoisotopic (exact) mass is 1050 g/mol. The van der Waals surface area contributed by atoms with E-state index in [1.54, 1.807) is 0 Å². The molecule has 0 spiro atoms. The minimum Gasteiger partial charge on any atom is -0.462 e. The van der Waals surface area contributed by atoms with Crippen molar-refractivity contribution in [2.24, 2.45) is 0 Å². The van der Waals surface area contributed by atoms with E-state index in [1.807, 2.05) is 0 Å². The van der Waals surface area contributed by atoms with Gasteiger partial charge in [-0.05, 0) is 89.9 Å². The van der Waals surface area contributed by atoms with Crippen molar-refractivity contribution >= 4 is 17.9 Å². The van der Waals surface area contributed by atoms with E-state index in [4.69, 9.17) is 14.2 Å². The average Bonchev–Trinajstić information content (AvgIpc) is 3.41. The van der Waals surface area contributed by atoms with Crippen molar-refractivity contribution in [1.82, 2.24) is 0 Å². The summed E-state index contributed by atoms with van der Waals surface area (Å²) in [6.45, 7) is 6.55. The first-order valence-electron chi connectivity index (χ1n) is 32.4. The zero-order valence-corrected chi connectivity index (χ0v) is 49.8. The molecule has 0 saturated carbocycles. The molecule has 6 nitrogen and oxygen atoms in total. The molecule has 0 N–H and O–H groups in total. The third kappa shape index (κ3) is 61.6. The summed E-state index contributed by atoms with van der Waals surface area (Å²) in [5, 5.41) is 0. The van der Waals surface area contributed by atoms with Crippen LogP contribution in [0.15, 0.2) is 72.9 Å². The van der Waals surface area contributed by atoms with Crippen LogP contribution in [0.5, 0.6) is 0 Å². The maximum Gasteiger partial charge on any atom is 0.306 e. The Bertz CT molecular complexity index is 1390. The lowest BCUT2D eigenvalue weighted by atomic mass is 10.0. The van der Waals surface area contributed by atoms with Crippen LogP contribution in [0.3, 0.4) is 0 Å². The summed E-state index contributed by atoms with van der Waals surface area (Å²) < 4.78 is 16.9. The predicted octanol–water partition coefficient (Wildman–Crippen LogP) is 22.1. The van der Waals surface area contributed by atoms with Crippen LogP contribution in [0.4, 0.5) is 0 Å². The van der Waals surface area contributed by atoms with Gasteiger partial charge in [-0.3, -0.25) is 14.4 Å². The molecule has 0 heterocycles. The summed E-state index contributed by atoms with van der Waals surface area (Å²) in [6.07, 6.45) is 82.0. The van der Waals surface area contributed by atoms with Crippen molar-refractivity contribution in [1.29, 1.82) is 0 Å². The number of allylic oxidation sites excluding steroid dienone is 12. The van der Waals surface area contributed by atoms with E-state index in [0.29, 0.717) is 19.3 Å². The van der Waals surface area contributed by atoms with Crippen molar-refractivity contribution in [2.45, 2.75) is 335 Å². The van der Waals surface area contributed by atoms with E-state index in [2.05, 4.69) is 93.7 Å². The SMILES string of the molecule is CC/C=C\C/C=C\C/C=C\C/C=C\C/C=C\CCCCCCCCCCCCCCCC(=O)OCC(COC(=O)CCCCCCCCCCCCCCC)OC(=O)CCCCCCC/C=C\CCCCCCCC. The van der Waals surface area contributed by atoms with E-state index >= 15 is 0 Å². The number of hydrogen-bond acceptors (Lipinski definition) is 6. The maximum absolute atomic E-state index is 12.9. The number of carbonyl (C=O) groups is 3.